The number of carbonyl (C=O) groups excluding carboxylic acids is 1. The van der Waals surface area contributed by atoms with E-state index in [0.29, 0.717) is 23.9 Å². The molecule has 3 aliphatic rings. The number of fused-ring (bicyclic) bond motifs is 1. The van der Waals surface area contributed by atoms with Gasteiger partial charge in [-0.2, -0.15) is 0 Å². The fourth-order valence-electron chi connectivity index (χ4n) is 4.34. The zero-order valence-electron chi connectivity index (χ0n) is 12.4. The topological polar surface area (TPSA) is 32.3 Å². The predicted octanol–water partition coefficient (Wildman–Crippen LogP) is 2.41. The minimum Gasteiger partial charge on any atom is -0.343 e. The van der Waals surface area contributed by atoms with Crippen LogP contribution in [0.15, 0.2) is 0 Å². The van der Waals surface area contributed by atoms with Crippen LogP contribution in [0.5, 0.6) is 0 Å². The van der Waals surface area contributed by atoms with Crippen LogP contribution in [0, 0.1) is 17.8 Å². The maximum Gasteiger partial charge on any atom is 0.225 e. The van der Waals surface area contributed by atoms with Crippen molar-refractivity contribution in [2.75, 3.05) is 13.6 Å². The molecule has 0 aliphatic heterocycles. The van der Waals surface area contributed by atoms with E-state index in [1.165, 1.54) is 44.9 Å². The van der Waals surface area contributed by atoms with E-state index in [2.05, 4.69) is 17.1 Å². The van der Waals surface area contributed by atoms with Gasteiger partial charge in [0.2, 0.25) is 5.91 Å². The Morgan fingerprint density at radius 2 is 1.74 bits per heavy atom. The number of carbonyl (C=O) groups is 1. The number of rotatable bonds is 4. The number of hydrogen-bond donors (Lipinski definition) is 1. The van der Waals surface area contributed by atoms with Crippen LogP contribution in [0.4, 0.5) is 0 Å². The maximum absolute atomic E-state index is 12.5. The highest BCUT2D eigenvalue weighted by Crippen LogP contribution is 2.54. The van der Waals surface area contributed by atoms with Crippen molar-refractivity contribution >= 4 is 5.91 Å². The van der Waals surface area contributed by atoms with Crippen molar-refractivity contribution in [2.45, 2.75) is 64.0 Å². The first-order valence-electron chi connectivity index (χ1n) is 8.19. The Bertz CT molecular complexity index is 326. The van der Waals surface area contributed by atoms with Crippen LogP contribution in [0.3, 0.4) is 0 Å². The van der Waals surface area contributed by atoms with Gasteiger partial charge in [0, 0.05) is 25.0 Å². The van der Waals surface area contributed by atoms with Crippen LogP contribution in [0.2, 0.25) is 0 Å². The third-order valence-corrected chi connectivity index (χ3v) is 5.68. The van der Waals surface area contributed by atoms with Gasteiger partial charge in [0.25, 0.3) is 0 Å². The molecule has 2 atom stereocenters. The molecular weight excluding hydrogens is 236 g/mol. The molecule has 1 N–H and O–H groups in total. The largest absolute Gasteiger partial charge is 0.343 e. The van der Waals surface area contributed by atoms with Crippen molar-refractivity contribution in [1.29, 1.82) is 0 Å². The van der Waals surface area contributed by atoms with E-state index >= 15 is 0 Å². The van der Waals surface area contributed by atoms with Crippen molar-refractivity contribution in [3.05, 3.63) is 0 Å². The molecule has 3 heteroatoms. The summed E-state index contributed by atoms with van der Waals surface area (Å²) >= 11 is 0. The summed E-state index contributed by atoms with van der Waals surface area (Å²) in [4.78, 5) is 14.6. The summed E-state index contributed by atoms with van der Waals surface area (Å²) in [6.07, 6.45) is 8.58. The van der Waals surface area contributed by atoms with Gasteiger partial charge in [-0.05, 0) is 63.3 Å². The number of hydrogen-bond acceptors (Lipinski definition) is 2. The van der Waals surface area contributed by atoms with Gasteiger partial charge >= 0.3 is 0 Å². The SMILES string of the molecule is CCNC1CCC(N(C)C(=O)C2CC3CC3C2)CC1. The van der Waals surface area contributed by atoms with Crippen molar-refractivity contribution < 1.29 is 4.79 Å². The molecule has 3 aliphatic carbocycles. The molecule has 0 spiro atoms. The summed E-state index contributed by atoms with van der Waals surface area (Å²) in [5, 5.41) is 3.54. The summed E-state index contributed by atoms with van der Waals surface area (Å²) < 4.78 is 0. The molecule has 0 radical (unpaired) electrons. The lowest BCUT2D eigenvalue weighted by molar-refractivity contribution is -0.137. The zero-order chi connectivity index (χ0) is 13.4. The first-order chi connectivity index (χ1) is 9.19. The first kappa shape index (κ1) is 13.4. The Kier molecular flexibility index (Phi) is 3.84. The van der Waals surface area contributed by atoms with Crippen LogP contribution < -0.4 is 5.32 Å². The second kappa shape index (κ2) is 5.43. The van der Waals surface area contributed by atoms with Crippen molar-refractivity contribution in [3.63, 3.8) is 0 Å². The number of nitrogens with one attached hydrogen (secondary N) is 1. The molecule has 3 nitrogen and oxygen atoms in total. The smallest absolute Gasteiger partial charge is 0.225 e. The third kappa shape index (κ3) is 2.81. The van der Waals surface area contributed by atoms with Gasteiger partial charge in [-0.3, -0.25) is 4.79 Å². The molecule has 19 heavy (non-hydrogen) atoms. The van der Waals surface area contributed by atoms with Gasteiger partial charge in [-0.1, -0.05) is 6.92 Å². The molecule has 0 bridgehead atoms. The van der Waals surface area contributed by atoms with Crippen LogP contribution in [-0.2, 0) is 4.79 Å². The minimum absolute atomic E-state index is 0.361. The minimum atomic E-state index is 0.361. The molecule has 3 fully saturated rings. The lowest BCUT2D eigenvalue weighted by Crippen LogP contribution is -2.45. The lowest BCUT2D eigenvalue weighted by Gasteiger charge is -2.36. The zero-order valence-corrected chi connectivity index (χ0v) is 12.4. The quantitative estimate of drug-likeness (QED) is 0.845. The summed E-state index contributed by atoms with van der Waals surface area (Å²) in [5.41, 5.74) is 0. The Morgan fingerprint density at radius 1 is 1.11 bits per heavy atom. The van der Waals surface area contributed by atoms with E-state index in [1.807, 2.05) is 7.05 Å². The lowest BCUT2D eigenvalue weighted by atomic mass is 9.89. The Labute approximate surface area is 117 Å². The molecule has 0 aromatic heterocycles. The Hall–Kier alpha value is -0.570. The fraction of sp³-hybridized carbons (Fsp3) is 0.938. The first-order valence-corrected chi connectivity index (χ1v) is 8.19. The molecule has 108 valence electrons. The van der Waals surface area contributed by atoms with Crippen LogP contribution in [0.1, 0.15) is 51.9 Å². The Balaban J connectivity index is 1.47. The molecule has 3 saturated carbocycles. The molecular formula is C16H28N2O. The highest BCUT2D eigenvalue weighted by Gasteiger charge is 2.48. The van der Waals surface area contributed by atoms with Crippen LogP contribution in [0.25, 0.3) is 0 Å². The van der Waals surface area contributed by atoms with Gasteiger partial charge < -0.3 is 10.2 Å². The summed E-state index contributed by atoms with van der Waals surface area (Å²) in [6.45, 7) is 3.24. The predicted molar refractivity (Wildman–Crippen MR) is 76.8 cm³/mol. The molecule has 3 rings (SSSR count). The highest BCUT2D eigenvalue weighted by atomic mass is 16.2. The second-order valence-corrected chi connectivity index (χ2v) is 6.94. The molecule has 0 heterocycles. The third-order valence-electron chi connectivity index (χ3n) is 5.68. The summed E-state index contributed by atoms with van der Waals surface area (Å²) in [5.74, 6) is 2.62. The van der Waals surface area contributed by atoms with Crippen LogP contribution >= 0.6 is 0 Å². The molecule has 0 saturated heterocycles. The second-order valence-electron chi connectivity index (χ2n) is 6.94. The summed E-state index contributed by atoms with van der Waals surface area (Å²) in [7, 11) is 2.05. The van der Waals surface area contributed by atoms with E-state index in [1.54, 1.807) is 0 Å². The van der Waals surface area contributed by atoms with E-state index in [9.17, 15) is 4.79 Å². The fourth-order valence-corrected chi connectivity index (χ4v) is 4.34. The van der Waals surface area contributed by atoms with E-state index in [0.717, 1.165) is 18.4 Å². The van der Waals surface area contributed by atoms with Crippen molar-refractivity contribution in [3.8, 4) is 0 Å². The van der Waals surface area contributed by atoms with E-state index in [-0.39, 0.29) is 0 Å². The van der Waals surface area contributed by atoms with Crippen molar-refractivity contribution in [2.24, 2.45) is 17.8 Å². The molecule has 1 amide bonds. The van der Waals surface area contributed by atoms with Gasteiger partial charge in [-0.15, -0.1) is 0 Å². The number of amides is 1. The molecule has 0 aromatic rings. The molecule has 2 unspecified atom stereocenters. The molecule has 0 aromatic carbocycles. The van der Waals surface area contributed by atoms with Gasteiger partial charge in [0.1, 0.15) is 0 Å². The van der Waals surface area contributed by atoms with Crippen molar-refractivity contribution in [1.82, 2.24) is 10.2 Å². The monoisotopic (exact) mass is 264 g/mol. The highest BCUT2D eigenvalue weighted by molar-refractivity contribution is 5.79. The average molecular weight is 264 g/mol. The normalized spacial score (nSPS) is 40.8. The standard InChI is InChI=1S/C16H28N2O/c1-3-17-14-4-6-15(7-5-14)18(2)16(19)13-9-11-8-12(11)10-13/h11-15,17H,3-10H2,1-2H3. The van der Waals surface area contributed by atoms with Gasteiger partial charge in [-0.25, -0.2) is 0 Å². The van der Waals surface area contributed by atoms with E-state index in [4.69, 9.17) is 0 Å². The van der Waals surface area contributed by atoms with Gasteiger partial charge in [0.15, 0.2) is 0 Å². The van der Waals surface area contributed by atoms with Gasteiger partial charge in [0.05, 0.1) is 0 Å². The average Bonchev–Trinajstić information content (AvgIpc) is 3.05. The maximum atomic E-state index is 12.5. The van der Waals surface area contributed by atoms with Crippen LogP contribution in [-0.4, -0.2) is 36.5 Å². The van der Waals surface area contributed by atoms with E-state index < -0.39 is 0 Å². The summed E-state index contributed by atoms with van der Waals surface area (Å²) in [6, 6.07) is 1.18. The Morgan fingerprint density at radius 3 is 2.32 bits per heavy atom. The number of nitrogens with zero attached hydrogens (tertiary/aromatic N) is 1.